The predicted octanol–water partition coefficient (Wildman–Crippen LogP) is -1.88. The minimum atomic E-state index is -1.55. The van der Waals surface area contributed by atoms with E-state index in [2.05, 4.69) is 15.0 Å². The third-order valence-corrected chi connectivity index (χ3v) is 3.82. The van der Waals surface area contributed by atoms with Crippen molar-refractivity contribution >= 4 is 17.1 Å². The number of aliphatic hydroxyl groups excluding tert-OH is 2. The lowest BCUT2D eigenvalue weighted by Gasteiger charge is -2.23. The molecule has 1 aliphatic carbocycles. The van der Waals surface area contributed by atoms with Crippen LogP contribution in [0.4, 0.5) is 5.95 Å². The van der Waals surface area contributed by atoms with E-state index in [0.717, 1.165) is 0 Å². The molecule has 9 nitrogen and oxygen atoms in total. The Morgan fingerprint density at radius 3 is 3.00 bits per heavy atom. The number of anilines is 1. The Bertz CT molecular complexity index is 710. The van der Waals surface area contributed by atoms with Crippen molar-refractivity contribution in [3.05, 3.63) is 16.7 Å². The molecule has 2 heterocycles. The Labute approximate surface area is 112 Å². The molecule has 0 aromatic carbocycles. The summed E-state index contributed by atoms with van der Waals surface area (Å²) in [5.74, 6) is -0.0276. The van der Waals surface area contributed by atoms with Gasteiger partial charge in [0, 0.05) is 12.5 Å². The van der Waals surface area contributed by atoms with Crippen molar-refractivity contribution in [3.8, 4) is 0 Å². The topological polar surface area (TPSA) is 150 Å². The van der Waals surface area contributed by atoms with Gasteiger partial charge in [0.2, 0.25) is 5.95 Å². The fourth-order valence-electron chi connectivity index (χ4n) is 2.70. The summed E-state index contributed by atoms with van der Waals surface area (Å²) in [5, 5.41) is 29.1. The Morgan fingerprint density at radius 1 is 1.60 bits per heavy atom. The predicted molar refractivity (Wildman–Crippen MR) is 68.9 cm³/mol. The van der Waals surface area contributed by atoms with Gasteiger partial charge in [0.1, 0.15) is 5.60 Å². The molecule has 0 radical (unpaired) electrons. The number of nitrogens with one attached hydrogen (secondary N) is 1. The van der Waals surface area contributed by atoms with Crippen LogP contribution in [0.5, 0.6) is 0 Å². The van der Waals surface area contributed by atoms with Gasteiger partial charge in [-0.05, 0) is 6.42 Å². The molecule has 3 rings (SSSR count). The van der Waals surface area contributed by atoms with Crippen LogP contribution in [0.1, 0.15) is 18.9 Å². The number of nitrogen functional groups attached to an aromatic ring is 1. The maximum Gasteiger partial charge on any atom is 0.280 e. The van der Waals surface area contributed by atoms with Crippen molar-refractivity contribution in [2.24, 2.45) is 0 Å². The number of hydrogen-bond acceptors (Lipinski definition) is 7. The minimum absolute atomic E-state index is 0.0276. The standard InChI is InChI=1S/C11H15N5O4/c12-10-14-8-7(9(19)15-10)13-4-16(8)5-1-6(18)11(20,2-5)3-17/h4-6,17-18,20H,1-3H2,(H3,12,14,15,19)/t5-,6-,11-/m1/s1. The van der Waals surface area contributed by atoms with Gasteiger partial charge in [-0.3, -0.25) is 9.78 Å². The van der Waals surface area contributed by atoms with Crippen LogP contribution in [0.15, 0.2) is 11.1 Å². The molecule has 20 heavy (non-hydrogen) atoms. The molecular weight excluding hydrogens is 266 g/mol. The van der Waals surface area contributed by atoms with E-state index in [1.54, 1.807) is 4.57 Å². The maximum absolute atomic E-state index is 11.7. The monoisotopic (exact) mass is 281 g/mol. The number of fused-ring (bicyclic) bond motifs is 1. The zero-order valence-electron chi connectivity index (χ0n) is 10.5. The molecule has 0 aliphatic heterocycles. The summed E-state index contributed by atoms with van der Waals surface area (Å²) in [5.41, 5.74) is 3.96. The first-order valence-electron chi connectivity index (χ1n) is 6.18. The Hall–Kier alpha value is -1.97. The molecular formula is C11H15N5O4. The van der Waals surface area contributed by atoms with Gasteiger partial charge in [0.25, 0.3) is 5.56 Å². The molecule has 2 aromatic heterocycles. The number of aromatic nitrogens is 4. The first kappa shape index (κ1) is 13.0. The van der Waals surface area contributed by atoms with E-state index in [9.17, 15) is 20.1 Å². The average molecular weight is 281 g/mol. The summed E-state index contributed by atoms with van der Waals surface area (Å²) in [6.07, 6.45) is 0.753. The molecule has 108 valence electrons. The van der Waals surface area contributed by atoms with Crippen molar-refractivity contribution in [2.45, 2.75) is 30.6 Å². The summed E-state index contributed by atoms with van der Waals surface area (Å²) in [6.45, 7) is -0.534. The lowest BCUT2D eigenvalue weighted by molar-refractivity contribution is -0.0855. The van der Waals surface area contributed by atoms with Crippen molar-refractivity contribution in [1.29, 1.82) is 0 Å². The molecule has 1 saturated carbocycles. The number of H-pyrrole nitrogens is 1. The van der Waals surface area contributed by atoms with Crippen LogP contribution in [-0.2, 0) is 0 Å². The molecule has 1 fully saturated rings. The third-order valence-electron chi connectivity index (χ3n) is 3.82. The molecule has 0 saturated heterocycles. The van der Waals surface area contributed by atoms with Crippen molar-refractivity contribution < 1.29 is 15.3 Å². The summed E-state index contributed by atoms with van der Waals surface area (Å²) < 4.78 is 1.60. The van der Waals surface area contributed by atoms with Gasteiger partial charge in [-0.15, -0.1) is 0 Å². The lowest BCUT2D eigenvalue weighted by atomic mass is 10.0. The molecule has 9 heteroatoms. The van der Waals surface area contributed by atoms with Crippen molar-refractivity contribution in [3.63, 3.8) is 0 Å². The maximum atomic E-state index is 11.7. The van der Waals surface area contributed by atoms with E-state index >= 15 is 0 Å². The van der Waals surface area contributed by atoms with Crippen molar-refractivity contribution in [2.75, 3.05) is 12.3 Å². The van der Waals surface area contributed by atoms with Crippen LogP contribution < -0.4 is 11.3 Å². The second-order valence-electron chi connectivity index (χ2n) is 5.15. The smallest absolute Gasteiger partial charge is 0.280 e. The van der Waals surface area contributed by atoms with E-state index in [-0.39, 0.29) is 30.3 Å². The van der Waals surface area contributed by atoms with Crippen LogP contribution in [0.2, 0.25) is 0 Å². The largest absolute Gasteiger partial charge is 0.393 e. The van der Waals surface area contributed by atoms with Gasteiger partial charge < -0.3 is 25.6 Å². The Balaban J connectivity index is 2.06. The second-order valence-corrected chi connectivity index (χ2v) is 5.15. The third kappa shape index (κ3) is 1.79. The highest BCUT2D eigenvalue weighted by atomic mass is 16.4. The van der Waals surface area contributed by atoms with E-state index in [1.807, 2.05) is 0 Å². The van der Waals surface area contributed by atoms with Gasteiger partial charge >= 0.3 is 0 Å². The first-order valence-corrected chi connectivity index (χ1v) is 6.18. The quantitative estimate of drug-likeness (QED) is 0.432. The highest BCUT2D eigenvalue weighted by molar-refractivity contribution is 5.70. The molecule has 1 aliphatic rings. The van der Waals surface area contributed by atoms with Crippen LogP contribution in [0, 0.1) is 0 Å². The van der Waals surface area contributed by atoms with Gasteiger partial charge in [-0.25, -0.2) is 4.98 Å². The first-order chi connectivity index (χ1) is 9.44. The van der Waals surface area contributed by atoms with Crippen molar-refractivity contribution in [1.82, 2.24) is 19.5 Å². The number of rotatable bonds is 2. The summed E-state index contributed by atoms with van der Waals surface area (Å²) in [4.78, 5) is 22.0. The zero-order valence-corrected chi connectivity index (χ0v) is 10.5. The van der Waals surface area contributed by atoms with Crippen LogP contribution >= 0.6 is 0 Å². The zero-order chi connectivity index (χ0) is 14.5. The molecule has 0 spiro atoms. The second kappa shape index (κ2) is 4.27. The normalized spacial score (nSPS) is 30.1. The highest BCUT2D eigenvalue weighted by Crippen LogP contribution is 2.38. The SMILES string of the molecule is Nc1nc2c(ncn2[C@@H]2C[C@@H](O)[C@](O)(CO)C2)c(=O)[nH]1. The van der Waals surface area contributed by atoms with E-state index in [1.165, 1.54) is 6.33 Å². The summed E-state index contributed by atoms with van der Waals surface area (Å²) in [7, 11) is 0. The van der Waals surface area contributed by atoms with Gasteiger partial charge in [-0.1, -0.05) is 0 Å². The number of imidazole rings is 1. The van der Waals surface area contributed by atoms with Crippen LogP contribution in [0.3, 0.4) is 0 Å². The van der Waals surface area contributed by atoms with Crippen LogP contribution in [-0.4, -0.2) is 53.2 Å². The Morgan fingerprint density at radius 2 is 2.35 bits per heavy atom. The van der Waals surface area contributed by atoms with Gasteiger partial charge in [0.05, 0.1) is 19.0 Å². The number of aromatic amines is 1. The molecule has 2 aromatic rings. The van der Waals surface area contributed by atoms with Gasteiger partial charge in [0.15, 0.2) is 11.2 Å². The summed E-state index contributed by atoms with van der Waals surface area (Å²) in [6, 6.07) is -0.319. The highest BCUT2D eigenvalue weighted by Gasteiger charge is 2.46. The summed E-state index contributed by atoms with van der Waals surface area (Å²) >= 11 is 0. The minimum Gasteiger partial charge on any atom is -0.393 e. The fraction of sp³-hybridized carbons (Fsp3) is 0.545. The molecule has 0 bridgehead atoms. The average Bonchev–Trinajstić information content (AvgIpc) is 2.92. The molecule has 3 atom stereocenters. The molecule has 0 amide bonds. The van der Waals surface area contributed by atoms with Crippen LogP contribution in [0.25, 0.3) is 11.2 Å². The number of nitrogens with zero attached hydrogens (tertiary/aromatic N) is 3. The number of nitrogens with two attached hydrogens (primary N) is 1. The molecule has 0 unspecified atom stereocenters. The molecule has 6 N–H and O–H groups in total. The van der Waals surface area contributed by atoms with E-state index < -0.39 is 23.9 Å². The number of hydrogen-bond donors (Lipinski definition) is 5. The number of aliphatic hydroxyl groups is 3. The lowest BCUT2D eigenvalue weighted by Crippen LogP contribution is -2.40. The Kier molecular flexibility index (Phi) is 2.78. The van der Waals surface area contributed by atoms with Gasteiger partial charge in [-0.2, -0.15) is 4.98 Å². The fourth-order valence-corrected chi connectivity index (χ4v) is 2.70. The van der Waals surface area contributed by atoms with E-state index in [4.69, 9.17) is 5.73 Å². The van der Waals surface area contributed by atoms with E-state index in [0.29, 0.717) is 5.65 Å².